The molecule has 2 aromatic carbocycles. The predicted molar refractivity (Wildman–Crippen MR) is 92.0 cm³/mol. The fourth-order valence-electron chi connectivity index (χ4n) is 2.09. The number of imidazole rings is 1. The number of fused-ring (bicyclic) bond motifs is 1. The summed E-state index contributed by atoms with van der Waals surface area (Å²) < 4.78 is 5.19. The zero-order valence-electron chi connectivity index (χ0n) is 12.0. The number of thioether (sulfide) groups is 1. The third-order valence-electron chi connectivity index (χ3n) is 3.23. The summed E-state index contributed by atoms with van der Waals surface area (Å²) in [7, 11) is 1.64. The number of aromatic amines is 1. The Hall–Kier alpha value is -1.69. The van der Waals surface area contributed by atoms with Crippen LogP contribution in [-0.4, -0.2) is 27.9 Å². The van der Waals surface area contributed by atoms with Crippen LogP contribution in [0.2, 0.25) is 0 Å². The van der Waals surface area contributed by atoms with E-state index in [9.17, 15) is 5.11 Å². The molecule has 0 aliphatic heterocycles. The highest BCUT2D eigenvalue weighted by molar-refractivity contribution is 7.99. The number of methoxy groups -OCH3 is 1. The Balaban J connectivity index is 0.00000176. The van der Waals surface area contributed by atoms with Crippen LogP contribution < -0.4 is 4.74 Å². The summed E-state index contributed by atoms with van der Waals surface area (Å²) in [6.45, 7) is 0. The zero-order chi connectivity index (χ0) is 14.7. The average molecular weight is 337 g/mol. The molecule has 3 aromatic rings. The van der Waals surface area contributed by atoms with E-state index in [1.54, 1.807) is 7.11 Å². The Morgan fingerprint density at radius 2 is 2.00 bits per heavy atom. The molecule has 0 fully saturated rings. The number of H-pyrrole nitrogens is 1. The molecule has 0 aliphatic rings. The van der Waals surface area contributed by atoms with Gasteiger partial charge in [0.2, 0.25) is 0 Å². The molecule has 0 saturated heterocycles. The Morgan fingerprint density at radius 3 is 2.73 bits per heavy atom. The summed E-state index contributed by atoms with van der Waals surface area (Å²) in [5.74, 6) is 1.35. The van der Waals surface area contributed by atoms with Gasteiger partial charge in [0.25, 0.3) is 0 Å². The number of aliphatic hydroxyl groups is 1. The number of hydrogen-bond acceptors (Lipinski definition) is 4. The van der Waals surface area contributed by atoms with Crippen molar-refractivity contribution < 1.29 is 9.84 Å². The summed E-state index contributed by atoms with van der Waals surface area (Å²) in [5, 5.41) is 11.0. The van der Waals surface area contributed by atoms with E-state index in [1.807, 2.05) is 48.5 Å². The van der Waals surface area contributed by atoms with Gasteiger partial charge >= 0.3 is 0 Å². The van der Waals surface area contributed by atoms with E-state index in [-0.39, 0.29) is 12.4 Å². The van der Waals surface area contributed by atoms with Gasteiger partial charge in [0.05, 0.1) is 24.2 Å². The van der Waals surface area contributed by atoms with Gasteiger partial charge in [0, 0.05) is 11.8 Å². The molecule has 6 heteroatoms. The first-order chi connectivity index (χ1) is 10.3. The van der Waals surface area contributed by atoms with Crippen LogP contribution in [0.1, 0.15) is 11.7 Å². The second-order valence-corrected chi connectivity index (χ2v) is 5.67. The molecule has 1 heterocycles. The minimum atomic E-state index is -0.501. The lowest BCUT2D eigenvalue weighted by molar-refractivity contribution is 0.204. The summed E-state index contributed by atoms with van der Waals surface area (Å²) in [6, 6.07) is 15.4. The first-order valence-electron chi connectivity index (χ1n) is 6.66. The van der Waals surface area contributed by atoms with Crippen LogP contribution >= 0.6 is 24.2 Å². The van der Waals surface area contributed by atoms with Crippen molar-refractivity contribution in [2.24, 2.45) is 0 Å². The maximum Gasteiger partial charge on any atom is 0.166 e. The van der Waals surface area contributed by atoms with Crippen molar-refractivity contribution in [1.82, 2.24) is 9.97 Å². The predicted octanol–water partition coefficient (Wildman–Crippen LogP) is 3.82. The molecule has 0 amide bonds. The molecule has 3 rings (SSSR count). The van der Waals surface area contributed by atoms with E-state index < -0.39 is 6.10 Å². The first kappa shape index (κ1) is 16.7. The minimum Gasteiger partial charge on any atom is -0.497 e. The van der Waals surface area contributed by atoms with Crippen LogP contribution in [0.15, 0.2) is 53.7 Å². The monoisotopic (exact) mass is 336 g/mol. The van der Waals surface area contributed by atoms with Gasteiger partial charge in [0.1, 0.15) is 5.75 Å². The van der Waals surface area contributed by atoms with Crippen molar-refractivity contribution in [3.63, 3.8) is 0 Å². The van der Waals surface area contributed by atoms with Crippen molar-refractivity contribution >= 4 is 35.2 Å². The van der Waals surface area contributed by atoms with E-state index in [0.717, 1.165) is 27.5 Å². The number of rotatable bonds is 5. The number of nitrogens with zero attached hydrogens (tertiary/aromatic N) is 1. The quantitative estimate of drug-likeness (QED) is 0.695. The normalized spacial score (nSPS) is 11.9. The molecular weight excluding hydrogens is 320 g/mol. The molecule has 116 valence electrons. The highest BCUT2D eigenvalue weighted by Gasteiger charge is 2.10. The maximum absolute atomic E-state index is 10.2. The van der Waals surface area contributed by atoms with E-state index >= 15 is 0 Å². The summed E-state index contributed by atoms with van der Waals surface area (Å²) in [6.07, 6.45) is -0.501. The SMILES string of the molecule is COc1ccc2nc(SCC(O)c3ccccc3)[nH]c2c1.Cl. The van der Waals surface area contributed by atoms with Gasteiger partial charge < -0.3 is 14.8 Å². The van der Waals surface area contributed by atoms with Gasteiger partial charge in [-0.2, -0.15) is 0 Å². The van der Waals surface area contributed by atoms with Crippen molar-refractivity contribution in [3.8, 4) is 5.75 Å². The summed E-state index contributed by atoms with van der Waals surface area (Å²) in [5.41, 5.74) is 2.75. The van der Waals surface area contributed by atoms with Crippen molar-refractivity contribution in [1.29, 1.82) is 0 Å². The second-order valence-electron chi connectivity index (χ2n) is 4.66. The van der Waals surface area contributed by atoms with Crippen LogP contribution in [-0.2, 0) is 0 Å². The van der Waals surface area contributed by atoms with Gasteiger partial charge in [-0.05, 0) is 17.7 Å². The Kier molecular flexibility index (Phi) is 5.71. The fraction of sp³-hybridized carbons (Fsp3) is 0.188. The number of benzene rings is 2. The second kappa shape index (κ2) is 7.54. The molecule has 0 saturated carbocycles. The number of hydrogen-bond donors (Lipinski definition) is 2. The van der Waals surface area contributed by atoms with Crippen molar-refractivity contribution in [2.75, 3.05) is 12.9 Å². The molecule has 1 aromatic heterocycles. The molecule has 2 N–H and O–H groups in total. The standard InChI is InChI=1S/C16H16N2O2S.ClH/c1-20-12-7-8-13-14(9-12)18-16(17-13)21-10-15(19)11-5-3-2-4-6-11;/h2-9,15,19H,10H2,1H3,(H,17,18);1H. The molecule has 0 bridgehead atoms. The van der Waals surface area contributed by atoms with Crippen molar-refractivity contribution in [3.05, 3.63) is 54.1 Å². The van der Waals surface area contributed by atoms with Crippen LogP contribution in [0, 0.1) is 0 Å². The molecule has 1 unspecified atom stereocenters. The highest BCUT2D eigenvalue weighted by atomic mass is 35.5. The Bertz CT molecular complexity index is 733. The zero-order valence-corrected chi connectivity index (χ0v) is 13.7. The van der Waals surface area contributed by atoms with Crippen molar-refractivity contribution in [2.45, 2.75) is 11.3 Å². The van der Waals surface area contributed by atoms with E-state index in [1.165, 1.54) is 11.8 Å². The first-order valence-corrected chi connectivity index (χ1v) is 7.64. The highest BCUT2D eigenvalue weighted by Crippen LogP contribution is 2.26. The molecule has 0 spiro atoms. The number of aliphatic hydroxyl groups excluding tert-OH is 1. The van der Waals surface area contributed by atoms with Gasteiger partial charge in [-0.25, -0.2) is 4.98 Å². The van der Waals surface area contributed by atoms with E-state index in [4.69, 9.17) is 4.74 Å². The molecule has 22 heavy (non-hydrogen) atoms. The van der Waals surface area contributed by atoms with Gasteiger partial charge in [-0.3, -0.25) is 0 Å². The third-order valence-corrected chi connectivity index (χ3v) is 4.18. The molecule has 4 nitrogen and oxygen atoms in total. The topological polar surface area (TPSA) is 58.1 Å². The lowest BCUT2D eigenvalue weighted by Gasteiger charge is -2.08. The number of halogens is 1. The van der Waals surface area contributed by atoms with Crippen LogP contribution in [0.25, 0.3) is 11.0 Å². The minimum absolute atomic E-state index is 0. The summed E-state index contributed by atoms with van der Waals surface area (Å²) in [4.78, 5) is 7.73. The maximum atomic E-state index is 10.2. The van der Waals surface area contributed by atoms with E-state index in [2.05, 4.69) is 9.97 Å². The van der Waals surface area contributed by atoms with Crippen LogP contribution in [0.3, 0.4) is 0 Å². The smallest absolute Gasteiger partial charge is 0.166 e. The van der Waals surface area contributed by atoms with Crippen LogP contribution in [0.4, 0.5) is 0 Å². The molecular formula is C16H17ClN2O2S. The van der Waals surface area contributed by atoms with Gasteiger partial charge in [-0.1, -0.05) is 42.1 Å². The number of ether oxygens (including phenoxy) is 1. The van der Waals surface area contributed by atoms with Crippen LogP contribution in [0.5, 0.6) is 5.75 Å². The van der Waals surface area contributed by atoms with Gasteiger partial charge in [-0.15, -0.1) is 12.4 Å². The average Bonchev–Trinajstić information content (AvgIpc) is 2.95. The van der Waals surface area contributed by atoms with E-state index in [0.29, 0.717) is 5.75 Å². The Morgan fingerprint density at radius 1 is 1.23 bits per heavy atom. The Labute approximate surface area is 139 Å². The largest absolute Gasteiger partial charge is 0.497 e. The third kappa shape index (κ3) is 3.74. The lowest BCUT2D eigenvalue weighted by atomic mass is 10.1. The summed E-state index contributed by atoms with van der Waals surface area (Å²) >= 11 is 1.51. The molecule has 1 atom stereocenters. The number of aromatic nitrogens is 2. The molecule has 0 aliphatic carbocycles. The lowest BCUT2D eigenvalue weighted by Crippen LogP contribution is -2.00. The van der Waals surface area contributed by atoms with Gasteiger partial charge in [0.15, 0.2) is 5.16 Å². The number of nitrogens with one attached hydrogen (secondary N) is 1. The fourth-order valence-corrected chi connectivity index (χ4v) is 2.94. The molecule has 0 radical (unpaired) electrons.